The standard InChI is InChI=1S/C23H16BrClN4O4S/c1-13-17(25)6-4-8-20(13)28-22(31)15-5-2-3-7-18(15)27-23(28)34-12-21(30)26-19-10-9-14(29(32)33)11-16(19)24/h2-11H,12H2,1H3,(H,26,30). The number of anilines is 1. The lowest BCUT2D eigenvalue weighted by molar-refractivity contribution is -0.384. The highest BCUT2D eigenvalue weighted by Crippen LogP contribution is 2.29. The van der Waals surface area contributed by atoms with Gasteiger partial charge in [0, 0.05) is 21.6 Å². The molecule has 34 heavy (non-hydrogen) atoms. The van der Waals surface area contributed by atoms with Crippen molar-refractivity contribution in [2.24, 2.45) is 0 Å². The predicted octanol–water partition coefficient (Wildman–Crippen LogP) is 5.75. The molecular weight excluding hydrogens is 544 g/mol. The first-order chi connectivity index (χ1) is 16.3. The number of thioether (sulfide) groups is 1. The number of non-ortho nitro benzene ring substituents is 1. The summed E-state index contributed by atoms with van der Waals surface area (Å²) in [6, 6.07) is 16.3. The molecule has 0 spiro atoms. The second-order valence-electron chi connectivity index (χ2n) is 7.19. The first-order valence-electron chi connectivity index (χ1n) is 9.90. The fourth-order valence-electron chi connectivity index (χ4n) is 3.30. The highest BCUT2D eigenvalue weighted by atomic mass is 79.9. The third kappa shape index (κ3) is 4.84. The van der Waals surface area contributed by atoms with Crippen LogP contribution in [-0.2, 0) is 4.79 Å². The van der Waals surface area contributed by atoms with Crippen LogP contribution in [0.15, 0.2) is 75.1 Å². The Labute approximate surface area is 211 Å². The summed E-state index contributed by atoms with van der Waals surface area (Å²) >= 11 is 10.6. The van der Waals surface area contributed by atoms with E-state index in [9.17, 15) is 19.7 Å². The fourth-order valence-corrected chi connectivity index (χ4v) is 4.74. The molecule has 0 aliphatic carbocycles. The van der Waals surface area contributed by atoms with E-state index in [1.807, 2.05) is 6.92 Å². The zero-order valence-corrected chi connectivity index (χ0v) is 20.8. The molecule has 8 nitrogen and oxygen atoms in total. The Balaban J connectivity index is 1.67. The molecule has 1 N–H and O–H groups in total. The second kappa shape index (κ2) is 9.96. The molecule has 1 aromatic heterocycles. The number of nitrogens with one attached hydrogen (secondary N) is 1. The third-order valence-electron chi connectivity index (χ3n) is 4.99. The minimum Gasteiger partial charge on any atom is -0.324 e. The first kappa shape index (κ1) is 23.9. The Morgan fingerprint density at radius 3 is 2.71 bits per heavy atom. The van der Waals surface area contributed by atoms with Crippen LogP contribution in [0.25, 0.3) is 16.6 Å². The van der Waals surface area contributed by atoms with E-state index in [0.717, 1.165) is 11.8 Å². The average molecular weight is 560 g/mol. The lowest BCUT2D eigenvalue weighted by atomic mass is 10.2. The number of nitrogens with zero attached hydrogens (tertiary/aromatic N) is 3. The number of carbonyl (C=O) groups is 1. The molecule has 1 amide bonds. The molecule has 4 rings (SSSR count). The summed E-state index contributed by atoms with van der Waals surface area (Å²) in [6.45, 7) is 1.81. The van der Waals surface area contributed by atoms with Crippen molar-refractivity contribution in [3.63, 3.8) is 0 Å². The van der Waals surface area contributed by atoms with E-state index in [4.69, 9.17) is 11.6 Å². The van der Waals surface area contributed by atoms with Gasteiger partial charge < -0.3 is 5.32 Å². The normalized spacial score (nSPS) is 10.9. The Hall–Kier alpha value is -3.21. The molecule has 0 radical (unpaired) electrons. The number of rotatable bonds is 6. The molecule has 3 aromatic carbocycles. The third-order valence-corrected chi connectivity index (χ3v) is 7.00. The van der Waals surface area contributed by atoms with Gasteiger partial charge in [-0.15, -0.1) is 0 Å². The van der Waals surface area contributed by atoms with E-state index in [1.165, 1.54) is 22.8 Å². The van der Waals surface area contributed by atoms with Crippen molar-refractivity contribution in [3.05, 3.63) is 96.2 Å². The van der Waals surface area contributed by atoms with Gasteiger partial charge in [0.25, 0.3) is 11.2 Å². The maximum absolute atomic E-state index is 13.4. The minimum atomic E-state index is -0.519. The summed E-state index contributed by atoms with van der Waals surface area (Å²) in [7, 11) is 0. The number of carbonyl (C=O) groups excluding carboxylic acids is 1. The summed E-state index contributed by atoms with van der Waals surface area (Å²) < 4.78 is 1.85. The van der Waals surface area contributed by atoms with Crippen molar-refractivity contribution in [2.45, 2.75) is 12.1 Å². The molecule has 4 aromatic rings. The maximum atomic E-state index is 13.4. The van der Waals surface area contributed by atoms with Crippen molar-refractivity contribution in [3.8, 4) is 5.69 Å². The summed E-state index contributed by atoms with van der Waals surface area (Å²) in [6.07, 6.45) is 0. The van der Waals surface area contributed by atoms with Gasteiger partial charge in [0.1, 0.15) is 0 Å². The van der Waals surface area contributed by atoms with Crippen molar-refractivity contribution in [2.75, 3.05) is 11.1 Å². The quantitative estimate of drug-likeness (QED) is 0.140. The SMILES string of the molecule is Cc1c(Cl)cccc1-n1c(SCC(=O)Nc2ccc([N+](=O)[O-])cc2Br)nc2ccccc2c1=O. The lowest BCUT2D eigenvalue weighted by Crippen LogP contribution is -2.23. The van der Waals surface area contributed by atoms with Crippen LogP contribution in [0, 0.1) is 17.0 Å². The van der Waals surface area contributed by atoms with Gasteiger partial charge in [-0.25, -0.2) is 4.98 Å². The number of amides is 1. The number of hydrogen-bond donors (Lipinski definition) is 1. The molecule has 0 unspecified atom stereocenters. The number of nitro benzene ring substituents is 1. The number of halogens is 2. The molecule has 0 aliphatic heterocycles. The topological polar surface area (TPSA) is 107 Å². The molecular formula is C23H16BrClN4O4S. The van der Waals surface area contributed by atoms with E-state index < -0.39 is 4.92 Å². The van der Waals surface area contributed by atoms with Crippen molar-refractivity contribution < 1.29 is 9.72 Å². The molecule has 172 valence electrons. The molecule has 0 bridgehead atoms. The van der Waals surface area contributed by atoms with Crippen LogP contribution in [0.1, 0.15) is 5.56 Å². The molecule has 0 fully saturated rings. The van der Waals surface area contributed by atoms with E-state index in [1.54, 1.807) is 42.5 Å². The maximum Gasteiger partial charge on any atom is 0.270 e. The van der Waals surface area contributed by atoms with Crippen molar-refractivity contribution in [1.29, 1.82) is 0 Å². The largest absolute Gasteiger partial charge is 0.324 e. The number of fused-ring (bicyclic) bond motifs is 1. The van der Waals surface area contributed by atoms with Crippen molar-refractivity contribution >= 4 is 67.5 Å². The number of aromatic nitrogens is 2. The number of hydrogen-bond acceptors (Lipinski definition) is 6. The Bertz CT molecular complexity index is 1510. The summed E-state index contributed by atoms with van der Waals surface area (Å²) in [4.78, 5) is 41.1. The van der Waals surface area contributed by atoms with E-state index in [0.29, 0.717) is 42.5 Å². The van der Waals surface area contributed by atoms with Crippen molar-refractivity contribution in [1.82, 2.24) is 9.55 Å². The number of benzene rings is 3. The van der Waals surface area contributed by atoms with Gasteiger partial charge in [0.15, 0.2) is 5.16 Å². The van der Waals surface area contributed by atoms with E-state index in [2.05, 4.69) is 26.2 Å². The number of para-hydroxylation sites is 1. The van der Waals surface area contributed by atoms with Crippen LogP contribution in [0.5, 0.6) is 0 Å². The van der Waals surface area contributed by atoms with Gasteiger partial charge in [-0.3, -0.25) is 24.3 Å². The van der Waals surface area contributed by atoms with E-state index >= 15 is 0 Å². The minimum absolute atomic E-state index is 0.0478. The Morgan fingerprint density at radius 1 is 1.21 bits per heavy atom. The van der Waals surface area contributed by atoms with Crippen LogP contribution in [0.2, 0.25) is 5.02 Å². The zero-order chi connectivity index (χ0) is 24.4. The first-order valence-corrected chi connectivity index (χ1v) is 12.1. The van der Waals surface area contributed by atoms with Crippen LogP contribution in [0.3, 0.4) is 0 Å². The second-order valence-corrected chi connectivity index (χ2v) is 9.40. The van der Waals surface area contributed by atoms with Crippen LogP contribution in [-0.4, -0.2) is 26.1 Å². The van der Waals surface area contributed by atoms with Gasteiger partial charge in [0.2, 0.25) is 5.91 Å². The highest BCUT2D eigenvalue weighted by molar-refractivity contribution is 9.10. The zero-order valence-electron chi connectivity index (χ0n) is 17.6. The number of nitro groups is 1. The smallest absolute Gasteiger partial charge is 0.270 e. The van der Waals surface area contributed by atoms with Gasteiger partial charge in [0.05, 0.1) is 33.0 Å². The van der Waals surface area contributed by atoms with E-state index in [-0.39, 0.29) is 22.9 Å². The van der Waals surface area contributed by atoms with Gasteiger partial charge in [-0.1, -0.05) is 41.6 Å². The van der Waals surface area contributed by atoms with Gasteiger partial charge in [-0.2, -0.15) is 0 Å². The predicted molar refractivity (Wildman–Crippen MR) is 137 cm³/mol. The van der Waals surface area contributed by atoms with Crippen LogP contribution >= 0.6 is 39.3 Å². The van der Waals surface area contributed by atoms with Gasteiger partial charge >= 0.3 is 0 Å². The molecule has 0 saturated heterocycles. The van der Waals surface area contributed by atoms with Crippen LogP contribution < -0.4 is 10.9 Å². The molecule has 0 atom stereocenters. The lowest BCUT2D eigenvalue weighted by Gasteiger charge is -2.16. The highest BCUT2D eigenvalue weighted by Gasteiger charge is 2.18. The monoisotopic (exact) mass is 558 g/mol. The molecule has 0 aliphatic rings. The fraction of sp³-hybridized carbons (Fsp3) is 0.0870. The van der Waals surface area contributed by atoms with Gasteiger partial charge in [-0.05, 0) is 58.7 Å². The summed E-state index contributed by atoms with van der Waals surface area (Å²) in [5.74, 6) is -0.412. The summed E-state index contributed by atoms with van der Waals surface area (Å²) in [5, 5.41) is 14.9. The molecule has 1 heterocycles. The molecule has 0 saturated carbocycles. The Morgan fingerprint density at radius 2 is 1.97 bits per heavy atom. The van der Waals surface area contributed by atoms with Crippen LogP contribution in [0.4, 0.5) is 11.4 Å². The summed E-state index contributed by atoms with van der Waals surface area (Å²) in [5.41, 5.74) is 1.84. The molecule has 11 heteroatoms. The Kier molecular flexibility index (Phi) is 7.01. The average Bonchev–Trinajstić information content (AvgIpc) is 2.81.